The summed E-state index contributed by atoms with van der Waals surface area (Å²) in [7, 11) is 0. The summed E-state index contributed by atoms with van der Waals surface area (Å²) in [5.41, 5.74) is -0.541. The lowest BCUT2D eigenvalue weighted by molar-refractivity contribution is 0.0688. The van der Waals surface area contributed by atoms with Gasteiger partial charge in [0.15, 0.2) is 0 Å². The molecule has 0 aliphatic rings. The van der Waals surface area contributed by atoms with Gasteiger partial charge in [0, 0.05) is 17.0 Å². The number of aromatic amines is 2. The van der Waals surface area contributed by atoms with E-state index >= 15 is 0 Å². The van der Waals surface area contributed by atoms with Crippen molar-refractivity contribution < 1.29 is 9.90 Å². The first-order valence-corrected chi connectivity index (χ1v) is 7.35. The lowest BCUT2D eigenvalue weighted by Gasteiger charge is -1.96. The molecule has 0 atom stereocenters. The molecular formula is C18H13N3O4. The largest absolute Gasteiger partial charge is 0.476 e. The number of hydrogen-bond acceptors (Lipinski definition) is 4. The highest BCUT2D eigenvalue weighted by molar-refractivity contribution is 5.90. The van der Waals surface area contributed by atoms with Gasteiger partial charge in [0.25, 0.3) is 5.56 Å². The molecule has 0 unspecified atom stereocenters. The molecule has 0 radical (unpaired) electrons. The van der Waals surface area contributed by atoms with Crippen LogP contribution in [-0.2, 0) is 0 Å². The van der Waals surface area contributed by atoms with Crippen LogP contribution in [0.3, 0.4) is 0 Å². The third kappa shape index (κ3) is 3.30. The van der Waals surface area contributed by atoms with Gasteiger partial charge in [0.2, 0.25) is 11.1 Å². The molecule has 0 saturated carbocycles. The maximum Gasteiger partial charge on any atom is 0.360 e. The summed E-state index contributed by atoms with van der Waals surface area (Å²) in [5, 5.41) is 16.7. The Labute approximate surface area is 140 Å². The summed E-state index contributed by atoms with van der Waals surface area (Å²) in [4.78, 5) is 35.8. The summed E-state index contributed by atoms with van der Waals surface area (Å²) < 4.78 is 0. The Hall–Kier alpha value is -3.74. The van der Waals surface area contributed by atoms with Crippen LogP contribution in [0.2, 0.25) is 0 Å². The molecule has 124 valence electrons. The highest BCUT2D eigenvalue weighted by atomic mass is 16.4. The van der Waals surface area contributed by atoms with Gasteiger partial charge >= 0.3 is 5.97 Å². The zero-order chi connectivity index (χ0) is 17.8. The van der Waals surface area contributed by atoms with Gasteiger partial charge in [0.1, 0.15) is 0 Å². The van der Waals surface area contributed by atoms with Crippen molar-refractivity contribution in [1.29, 1.82) is 0 Å². The second kappa shape index (κ2) is 6.79. The predicted molar refractivity (Wildman–Crippen MR) is 93.9 cm³/mol. The monoisotopic (exact) mass is 335 g/mol. The maximum absolute atomic E-state index is 11.5. The number of pyridine rings is 1. The van der Waals surface area contributed by atoms with Crippen LogP contribution in [0.25, 0.3) is 21.7 Å². The molecule has 0 aliphatic carbocycles. The number of carboxylic acid groups (broad SMARTS) is 1. The van der Waals surface area contributed by atoms with Crippen LogP contribution < -0.4 is 11.0 Å². The van der Waals surface area contributed by atoms with Crippen molar-refractivity contribution in [3.8, 4) is 0 Å². The maximum atomic E-state index is 11.5. The SMILES string of the molecule is O=C(O)c1n[nH]c2ccccc2c1=O.O=c1[nH]ccc2ccccc12. The molecule has 4 aromatic rings. The zero-order valence-corrected chi connectivity index (χ0v) is 12.9. The molecule has 2 aromatic carbocycles. The number of H-pyrrole nitrogens is 2. The van der Waals surface area contributed by atoms with Crippen molar-refractivity contribution >= 4 is 27.6 Å². The normalized spacial score (nSPS) is 10.2. The van der Waals surface area contributed by atoms with Gasteiger partial charge < -0.3 is 10.1 Å². The van der Waals surface area contributed by atoms with Gasteiger partial charge in [-0.1, -0.05) is 30.3 Å². The second-order valence-electron chi connectivity index (χ2n) is 5.15. The molecule has 2 heterocycles. The Balaban J connectivity index is 0.000000150. The Morgan fingerprint density at radius 2 is 1.60 bits per heavy atom. The van der Waals surface area contributed by atoms with Gasteiger partial charge in [-0.25, -0.2) is 4.79 Å². The van der Waals surface area contributed by atoms with Crippen molar-refractivity contribution in [2.24, 2.45) is 0 Å². The third-order valence-corrected chi connectivity index (χ3v) is 3.56. The number of aromatic carboxylic acids is 1. The predicted octanol–water partition coefficient (Wildman–Crippen LogP) is 2.15. The van der Waals surface area contributed by atoms with Crippen LogP contribution in [0.15, 0.2) is 70.4 Å². The highest BCUT2D eigenvalue weighted by Crippen LogP contribution is 2.06. The van der Waals surface area contributed by atoms with Gasteiger partial charge in [-0.3, -0.25) is 14.7 Å². The van der Waals surface area contributed by atoms with Gasteiger partial charge in [-0.05, 0) is 29.7 Å². The number of fused-ring (bicyclic) bond motifs is 2. The van der Waals surface area contributed by atoms with Crippen LogP contribution in [0, 0.1) is 0 Å². The number of carbonyl (C=O) groups is 1. The average molecular weight is 335 g/mol. The summed E-state index contributed by atoms with van der Waals surface area (Å²) in [6.45, 7) is 0. The number of nitrogens with zero attached hydrogens (tertiary/aromatic N) is 1. The molecule has 4 rings (SSSR count). The smallest absolute Gasteiger partial charge is 0.360 e. The molecule has 0 fully saturated rings. The van der Waals surface area contributed by atoms with Crippen molar-refractivity contribution in [3.05, 3.63) is 87.1 Å². The van der Waals surface area contributed by atoms with E-state index in [2.05, 4.69) is 15.2 Å². The first-order chi connectivity index (χ1) is 12.1. The topological polar surface area (TPSA) is 116 Å². The molecule has 0 aliphatic heterocycles. The van der Waals surface area contributed by atoms with E-state index in [9.17, 15) is 14.4 Å². The Morgan fingerprint density at radius 1 is 0.920 bits per heavy atom. The summed E-state index contributed by atoms with van der Waals surface area (Å²) in [5.74, 6) is -1.32. The summed E-state index contributed by atoms with van der Waals surface area (Å²) >= 11 is 0. The Morgan fingerprint density at radius 3 is 2.32 bits per heavy atom. The van der Waals surface area contributed by atoms with Crippen LogP contribution >= 0.6 is 0 Å². The molecule has 0 saturated heterocycles. The van der Waals surface area contributed by atoms with Crippen molar-refractivity contribution in [2.45, 2.75) is 0 Å². The van der Waals surface area contributed by atoms with Gasteiger partial charge in [-0.15, -0.1) is 0 Å². The average Bonchev–Trinajstić information content (AvgIpc) is 2.63. The van der Waals surface area contributed by atoms with E-state index in [1.54, 1.807) is 30.5 Å². The molecule has 0 spiro atoms. The fourth-order valence-corrected chi connectivity index (χ4v) is 2.35. The fraction of sp³-hybridized carbons (Fsp3) is 0. The van der Waals surface area contributed by atoms with Gasteiger partial charge in [0.05, 0.1) is 5.52 Å². The van der Waals surface area contributed by atoms with E-state index in [0.717, 1.165) is 10.8 Å². The quantitative estimate of drug-likeness (QED) is 0.493. The first-order valence-electron chi connectivity index (χ1n) is 7.35. The number of rotatable bonds is 1. The summed E-state index contributed by atoms with van der Waals surface area (Å²) in [6, 6.07) is 16.0. The molecule has 0 amide bonds. The number of carboxylic acids is 1. The highest BCUT2D eigenvalue weighted by Gasteiger charge is 2.12. The van der Waals surface area contributed by atoms with E-state index in [0.29, 0.717) is 10.9 Å². The van der Waals surface area contributed by atoms with E-state index in [4.69, 9.17) is 5.11 Å². The zero-order valence-electron chi connectivity index (χ0n) is 12.9. The van der Waals surface area contributed by atoms with Crippen LogP contribution in [0.5, 0.6) is 0 Å². The molecule has 2 aromatic heterocycles. The summed E-state index contributed by atoms with van der Waals surface area (Å²) in [6.07, 6.45) is 1.66. The minimum absolute atomic E-state index is 0.0249. The van der Waals surface area contributed by atoms with Crippen LogP contribution in [0.1, 0.15) is 10.5 Å². The minimum atomic E-state index is -1.32. The number of hydrogen-bond donors (Lipinski definition) is 3. The lowest BCUT2D eigenvalue weighted by Crippen LogP contribution is -2.18. The van der Waals surface area contributed by atoms with E-state index in [1.807, 2.05) is 30.3 Å². The van der Waals surface area contributed by atoms with E-state index in [-0.39, 0.29) is 5.56 Å². The molecule has 7 heteroatoms. The number of benzene rings is 2. The number of para-hydroxylation sites is 1. The number of aromatic nitrogens is 3. The first kappa shape index (κ1) is 16.1. The molecule has 7 nitrogen and oxygen atoms in total. The van der Waals surface area contributed by atoms with Crippen molar-refractivity contribution in [2.75, 3.05) is 0 Å². The molecule has 3 N–H and O–H groups in total. The van der Waals surface area contributed by atoms with Crippen LogP contribution in [-0.4, -0.2) is 26.3 Å². The third-order valence-electron chi connectivity index (χ3n) is 3.56. The van der Waals surface area contributed by atoms with Crippen LogP contribution in [0.4, 0.5) is 0 Å². The Bertz CT molecular complexity index is 1170. The van der Waals surface area contributed by atoms with E-state index in [1.165, 1.54) is 0 Å². The second-order valence-corrected chi connectivity index (χ2v) is 5.15. The van der Waals surface area contributed by atoms with Gasteiger partial charge in [-0.2, -0.15) is 5.10 Å². The Kier molecular flexibility index (Phi) is 4.38. The standard InChI is InChI=1S/C9H6N2O3.C9H7NO/c12-8-5-3-1-2-4-6(5)10-11-7(8)9(13)14;11-9-8-4-2-1-3-7(8)5-6-10-9/h1-4H,(H,10,12)(H,13,14);1-6H,(H,10,11). The molecule has 25 heavy (non-hydrogen) atoms. The number of nitrogens with one attached hydrogen (secondary N) is 2. The lowest BCUT2D eigenvalue weighted by atomic mass is 10.2. The molecular weight excluding hydrogens is 322 g/mol. The van der Waals surface area contributed by atoms with Crippen molar-refractivity contribution in [3.63, 3.8) is 0 Å². The van der Waals surface area contributed by atoms with Crippen molar-refractivity contribution in [1.82, 2.24) is 15.2 Å². The van der Waals surface area contributed by atoms with E-state index < -0.39 is 17.1 Å². The minimum Gasteiger partial charge on any atom is -0.476 e. The molecule has 0 bridgehead atoms. The fourth-order valence-electron chi connectivity index (χ4n) is 2.35.